The maximum absolute atomic E-state index is 12.9. The molecular weight excluding hydrogens is 448 g/mol. The lowest BCUT2D eigenvalue weighted by molar-refractivity contribution is -0.127. The fraction of sp³-hybridized carbons (Fsp3) is 0.423. The molecule has 0 saturated carbocycles. The molecule has 1 fully saturated rings. The van der Waals surface area contributed by atoms with Gasteiger partial charge in [-0.15, -0.1) is 0 Å². The molecule has 35 heavy (non-hydrogen) atoms. The zero-order valence-corrected chi connectivity index (χ0v) is 20.5. The molecule has 0 bridgehead atoms. The van der Waals surface area contributed by atoms with E-state index in [-0.39, 0.29) is 11.8 Å². The van der Waals surface area contributed by atoms with Crippen LogP contribution in [0.5, 0.6) is 17.2 Å². The van der Waals surface area contributed by atoms with E-state index in [0.29, 0.717) is 49.5 Å². The highest BCUT2D eigenvalue weighted by Gasteiger charge is 2.27. The molecule has 1 unspecified atom stereocenters. The minimum atomic E-state index is -0.0868. The quantitative estimate of drug-likeness (QED) is 0.469. The third-order valence-corrected chi connectivity index (χ3v) is 6.07. The van der Waals surface area contributed by atoms with Crippen molar-refractivity contribution in [3.8, 4) is 28.6 Å². The van der Waals surface area contributed by atoms with Crippen LogP contribution in [0.4, 0.5) is 0 Å². The lowest BCUT2D eigenvalue weighted by Gasteiger charge is -2.30. The first-order valence-electron chi connectivity index (χ1n) is 11.9. The van der Waals surface area contributed by atoms with Crippen LogP contribution in [-0.4, -0.2) is 54.9 Å². The second-order valence-electron chi connectivity index (χ2n) is 8.41. The van der Waals surface area contributed by atoms with Crippen molar-refractivity contribution >= 4 is 5.91 Å². The summed E-state index contributed by atoms with van der Waals surface area (Å²) in [6.45, 7) is 5.01. The number of aromatic nitrogens is 2. The predicted octanol–water partition coefficient (Wildman–Crippen LogP) is 3.68. The van der Waals surface area contributed by atoms with Crippen LogP contribution in [-0.2, 0) is 17.9 Å². The molecule has 1 aromatic heterocycles. The summed E-state index contributed by atoms with van der Waals surface area (Å²) in [5, 5.41) is 7.20. The lowest BCUT2D eigenvalue weighted by atomic mass is 9.97. The number of nitrogens with one attached hydrogen (secondary N) is 1. The second-order valence-corrected chi connectivity index (χ2v) is 8.41. The highest BCUT2D eigenvalue weighted by Crippen LogP contribution is 2.31. The molecule has 1 N–H and O–H groups in total. The predicted molar refractivity (Wildman–Crippen MR) is 130 cm³/mol. The van der Waals surface area contributed by atoms with Crippen molar-refractivity contribution in [2.75, 3.05) is 33.9 Å². The Balaban J connectivity index is 1.34. The number of carbonyl (C=O) groups excluding carboxylic acids is 1. The molecule has 0 aliphatic carbocycles. The summed E-state index contributed by atoms with van der Waals surface area (Å²) in [4.78, 5) is 19.6. The molecule has 1 aliphatic heterocycles. The molecule has 1 amide bonds. The largest absolute Gasteiger partial charge is 0.494 e. The van der Waals surface area contributed by atoms with Crippen LogP contribution < -0.4 is 19.5 Å². The van der Waals surface area contributed by atoms with Crippen molar-refractivity contribution < 1.29 is 23.5 Å². The third-order valence-electron chi connectivity index (χ3n) is 6.07. The van der Waals surface area contributed by atoms with Gasteiger partial charge in [-0.1, -0.05) is 23.4 Å². The van der Waals surface area contributed by atoms with E-state index < -0.39 is 0 Å². The normalized spacial score (nSPS) is 16.0. The van der Waals surface area contributed by atoms with Gasteiger partial charge in [-0.25, -0.2) is 0 Å². The van der Waals surface area contributed by atoms with E-state index in [9.17, 15) is 4.79 Å². The molecule has 0 spiro atoms. The molecule has 2 aromatic carbocycles. The van der Waals surface area contributed by atoms with Gasteiger partial charge in [0, 0.05) is 24.2 Å². The monoisotopic (exact) mass is 480 g/mol. The summed E-state index contributed by atoms with van der Waals surface area (Å²) in [5.74, 6) is 3.02. The highest BCUT2D eigenvalue weighted by molar-refractivity contribution is 5.79. The van der Waals surface area contributed by atoms with Gasteiger partial charge in [0.2, 0.25) is 17.6 Å². The number of benzene rings is 2. The van der Waals surface area contributed by atoms with Crippen LogP contribution >= 0.6 is 0 Å². The molecule has 0 radical (unpaired) electrons. The number of likely N-dealkylation sites (tertiary alicyclic amines) is 1. The van der Waals surface area contributed by atoms with Crippen LogP contribution in [0, 0.1) is 5.92 Å². The van der Waals surface area contributed by atoms with E-state index in [0.717, 1.165) is 36.3 Å². The summed E-state index contributed by atoms with van der Waals surface area (Å²) in [5.41, 5.74) is 1.75. The number of para-hydroxylation sites is 1. The highest BCUT2D eigenvalue weighted by atomic mass is 16.5. The standard InChI is InChI=1S/C26H32N4O5/c1-4-34-21-10-6-5-8-19(21)15-27-26(31)20-9-7-13-30(16-20)17-24-28-25(29-35-24)18-11-12-22(32-2)23(14-18)33-3/h5-6,8,10-12,14,20H,4,7,9,13,15-17H2,1-3H3,(H,27,31). The van der Waals surface area contributed by atoms with E-state index in [1.807, 2.05) is 49.4 Å². The van der Waals surface area contributed by atoms with Crippen molar-refractivity contribution in [1.82, 2.24) is 20.4 Å². The van der Waals surface area contributed by atoms with Crippen molar-refractivity contribution in [2.45, 2.75) is 32.9 Å². The number of hydrogen-bond donors (Lipinski definition) is 1. The number of nitrogens with zero attached hydrogens (tertiary/aromatic N) is 3. The van der Waals surface area contributed by atoms with Gasteiger partial charge in [-0.3, -0.25) is 9.69 Å². The Labute approximate surface area is 205 Å². The number of methoxy groups -OCH3 is 2. The van der Waals surface area contributed by atoms with Gasteiger partial charge in [-0.2, -0.15) is 4.98 Å². The van der Waals surface area contributed by atoms with Crippen molar-refractivity contribution in [1.29, 1.82) is 0 Å². The number of hydrogen-bond acceptors (Lipinski definition) is 8. The molecule has 1 atom stereocenters. The Bertz CT molecular complexity index is 1130. The molecule has 2 heterocycles. The summed E-state index contributed by atoms with van der Waals surface area (Å²) in [7, 11) is 3.18. The van der Waals surface area contributed by atoms with E-state index in [1.165, 1.54) is 0 Å². The lowest BCUT2D eigenvalue weighted by Crippen LogP contribution is -2.42. The first kappa shape index (κ1) is 24.5. The topological polar surface area (TPSA) is 99.0 Å². The number of amides is 1. The number of ether oxygens (including phenoxy) is 3. The molecule has 186 valence electrons. The average molecular weight is 481 g/mol. The number of rotatable bonds is 10. The van der Waals surface area contributed by atoms with Crippen LogP contribution in [0.3, 0.4) is 0 Å². The molecule has 3 aromatic rings. The van der Waals surface area contributed by atoms with Gasteiger partial charge in [0.15, 0.2) is 11.5 Å². The zero-order valence-electron chi connectivity index (χ0n) is 20.5. The maximum Gasteiger partial charge on any atom is 0.241 e. The van der Waals surface area contributed by atoms with Gasteiger partial charge < -0.3 is 24.1 Å². The smallest absolute Gasteiger partial charge is 0.241 e. The van der Waals surface area contributed by atoms with Crippen molar-refractivity contribution in [3.63, 3.8) is 0 Å². The summed E-state index contributed by atoms with van der Waals surface area (Å²) >= 11 is 0. The minimum Gasteiger partial charge on any atom is -0.494 e. The van der Waals surface area contributed by atoms with E-state index in [4.69, 9.17) is 18.7 Å². The summed E-state index contributed by atoms with van der Waals surface area (Å²) in [6.07, 6.45) is 1.79. The minimum absolute atomic E-state index is 0.0533. The Hall–Kier alpha value is -3.59. The number of piperidine rings is 1. The van der Waals surface area contributed by atoms with Crippen LogP contribution in [0.2, 0.25) is 0 Å². The summed E-state index contributed by atoms with van der Waals surface area (Å²) in [6, 6.07) is 13.3. The molecule has 1 saturated heterocycles. The Kier molecular flexibility index (Phi) is 8.20. The first-order chi connectivity index (χ1) is 17.1. The molecule has 4 rings (SSSR count). The fourth-order valence-corrected chi connectivity index (χ4v) is 4.29. The van der Waals surface area contributed by atoms with Gasteiger partial charge in [0.05, 0.1) is 33.3 Å². The maximum atomic E-state index is 12.9. The van der Waals surface area contributed by atoms with Gasteiger partial charge in [-0.05, 0) is 50.6 Å². The van der Waals surface area contributed by atoms with Gasteiger partial charge in [0.1, 0.15) is 5.75 Å². The third kappa shape index (κ3) is 6.10. The Morgan fingerprint density at radius 2 is 1.97 bits per heavy atom. The van der Waals surface area contributed by atoms with E-state index in [1.54, 1.807) is 14.2 Å². The second kappa shape index (κ2) is 11.7. The van der Waals surface area contributed by atoms with Gasteiger partial charge >= 0.3 is 0 Å². The Morgan fingerprint density at radius 3 is 2.77 bits per heavy atom. The molecule has 1 aliphatic rings. The van der Waals surface area contributed by atoms with Gasteiger partial charge in [0.25, 0.3) is 0 Å². The van der Waals surface area contributed by atoms with Crippen LogP contribution in [0.1, 0.15) is 31.2 Å². The summed E-state index contributed by atoms with van der Waals surface area (Å²) < 4.78 is 21.8. The van der Waals surface area contributed by atoms with E-state index >= 15 is 0 Å². The first-order valence-corrected chi connectivity index (χ1v) is 11.9. The van der Waals surface area contributed by atoms with Crippen LogP contribution in [0.15, 0.2) is 47.0 Å². The van der Waals surface area contributed by atoms with E-state index in [2.05, 4.69) is 20.4 Å². The average Bonchev–Trinajstić information content (AvgIpc) is 3.36. The number of carbonyl (C=O) groups is 1. The van der Waals surface area contributed by atoms with Crippen molar-refractivity contribution in [2.24, 2.45) is 5.92 Å². The molecule has 9 heteroatoms. The molecule has 9 nitrogen and oxygen atoms in total. The van der Waals surface area contributed by atoms with Crippen molar-refractivity contribution in [3.05, 3.63) is 53.9 Å². The molecular formula is C26H32N4O5. The Morgan fingerprint density at radius 1 is 1.14 bits per heavy atom. The fourth-order valence-electron chi connectivity index (χ4n) is 4.29. The van der Waals surface area contributed by atoms with Crippen LogP contribution in [0.25, 0.3) is 11.4 Å². The zero-order chi connectivity index (χ0) is 24.6. The SMILES string of the molecule is CCOc1ccccc1CNC(=O)C1CCCN(Cc2nc(-c3ccc(OC)c(OC)c3)no2)C1.